The summed E-state index contributed by atoms with van der Waals surface area (Å²) in [6.07, 6.45) is 5.35. The van der Waals surface area contributed by atoms with E-state index in [1.54, 1.807) is 0 Å². The molecule has 3 heteroatoms. The molecule has 0 aromatic carbocycles. The number of rotatable bonds is 3. The van der Waals surface area contributed by atoms with Gasteiger partial charge in [-0.05, 0) is 25.8 Å². The first kappa shape index (κ1) is 11.5. The zero-order valence-electron chi connectivity index (χ0n) is 9.43. The molecule has 1 saturated carbocycles. The molecule has 1 aliphatic carbocycles. The molecular formula is C11H21NO2. The summed E-state index contributed by atoms with van der Waals surface area (Å²) in [6, 6.07) is 0. The Hall–Kier alpha value is -0.570. The van der Waals surface area contributed by atoms with E-state index in [9.17, 15) is 4.79 Å². The topological polar surface area (TPSA) is 38.3 Å². The number of likely N-dealkylation sites (N-methyl/N-ethyl adjacent to an activating group) is 1. The second-order valence-corrected chi connectivity index (χ2v) is 4.19. The van der Waals surface area contributed by atoms with E-state index < -0.39 is 5.54 Å². The van der Waals surface area contributed by atoms with Gasteiger partial charge < -0.3 is 10.1 Å². The molecule has 0 saturated heterocycles. The minimum absolute atomic E-state index is 0.0989. The van der Waals surface area contributed by atoms with Crippen molar-refractivity contribution in [1.29, 1.82) is 0 Å². The molecule has 0 radical (unpaired) electrons. The number of carbonyl (C=O) groups excluding carboxylic acids is 1. The minimum Gasteiger partial charge on any atom is -0.468 e. The molecule has 2 unspecified atom stereocenters. The number of esters is 1. The molecule has 0 aliphatic heterocycles. The van der Waals surface area contributed by atoms with Crippen molar-refractivity contribution in [3.05, 3.63) is 0 Å². The van der Waals surface area contributed by atoms with Gasteiger partial charge in [-0.15, -0.1) is 0 Å². The van der Waals surface area contributed by atoms with Gasteiger partial charge in [-0.3, -0.25) is 4.79 Å². The predicted molar refractivity (Wildman–Crippen MR) is 56.1 cm³/mol. The molecule has 82 valence electrons. The summed E-state index contributed by atoms with van der Waals surface area (Å²) in [4.78, 5) is 11.7. The van der Waals surface area contributed by atoms with E-state index in [0.29, 0.717) is 5.92 Å². The number of methoxy groups -OCH3 is 1. The standard InChI is InChI=1S/C11H21NO2/c1-4-9-6-5-7-11(8-9,12-2)10(13)14-3/h9,12H,4-8H2,1-3H3. The molecule has 14 heavy (non-hydrogen) atoms. The van der Waals surface area contributed by atoms with Crippen LogP contribution in [0.3, 0.4) is 0 Å². The number of ether oxygens (including phenoxy) is 1. The van der Waals surface area contributed by atoms with Crippen LogP contribution in [0.25, 0.3) is 0 Å². The summed E-state index contributed by atoms with van der Waals surface area (Å²) in [5.74, 6) is 0.563. The third-order valence-electron chi connectivity index (χ3n) is 3.49. The summed E-state index contributed by atoms with van der Waals surface area (Å²) in [5, 5.41) is 3.16. The van der Waals surface area contributed by atoms with Gasteiger partial charge in [0.2, 0.25) is 0 Å². The van der Waals surface area contributed by atoms with Crippen molar-refractivity contribution in [2.75, 3.05) is 14.2 Å². The summed E-state index contributed by atoms with van der Waals surface area (Å²) in [6.45, 7) is 2.19. The van der Waals surface area contributed by atoms with Crippen molar-refractivity contribution in [3.8, 4) is 0 Å². The first-order valence-electron chi connectivity index (χ1n) is 5.46. The Labute approximate surface area is 86.2 Å². The fourth-order valence-corrected chi connectivity index (χ4v) is 2.45. The van der Waals surface area contributed by atoms with Crippen LogP contribution in [-0.4, -0.2) is 25.7 Å². The molecule has 0 aromatic rings. The highest BCUT2D eigenvalue weighted by Crippen LogP contribution is 2.34. The number of hydrogen-bond donors (Lipinski definition) is 1. The van der Waals surface area contributed by atoms with Gasteiger partial charge in [0.1, 0.15) is 5.54 Å². The molecule has 2 atom stereocenters. The summed E-state index contributed by atoms with van der Waals surface area (Å²) >= 11 is 0. The van der Waals surface area contributed by atoms with Gasteiger partial charge >= 0.3 is 5.97 Å². The Morgan fingerprint density at radius 2 is 2.36 bits per heavy atom. The number of hydrogen-bond acceptors (Lipinski definition) is 3. The third kappa shape index (κ3) is 2.08. The van der Waals surface area contributed by atoms with Gasteiger partial charge in [0.05, 0.1) is 7.11 Å². The Kier molecular flexibility index (Phi) is 3.93. The maximum absolute atomic E-state index is 11.7. The van der Waals surface area contributed by atoms with Crippen molar-refractivity contribution in [2.45, 2.75) is 44.6 Å². The monoisotopic (exact) mass is 199 g/mol. The number of nitrogens with one attached hydrogen (secondary N) is 1. The normalized spacial score (nSPS) is 32.6. The van der Waals surface area contributed by atoms with E-state index in [1.165, 1.54) is 13.5 Å². The molecule has 3 nitrogen and oxygen atoms in total. The average molecular weight is 199 g/mol. The van der Waals surface area contributed by atoms with Crippen molar-refractivity contribution in [2.24, 2.45) is 5.92 Å². The van der Waals surface area contributed by atoms with Crippen LogP contribution in [-0.2, 0) is 9.53 Å². The Bertz CT molecular complexity index is 205. The first-order chi connectivity index (χ1) is 6.68. The smallest absolute Gasteiger partial charge is 0.326 e. The molecule has 0 heterocycles. The second kappa shape index (κ2) is 4.78. The maximum Gasteiger partial charge on any atom is 0.326 e. The largest absolute Gasteiger partial charge is 0.468 e. The lowest BCUT2D eigenvalue weighted by Crippen LogP contribution is -2.53. The SMILES string of the molecule is CCC1CCCC(NC)(C(=O)OC)C1. The number of carbonyl (C=O) groups is 1. The average Bonchev–Trinajstić information content (AvgIpc) is 2.27. The van der Waals surface area contributed by atoms with Crippen LogP contribution in [0.5, 0.6) is 0 Å². The first-order valence-corrected chi connectivity index (χ1v) is 5.46. The second-order valence-electron chi connectivity index (χ2n) is 4.19. The molecule has 1 aliphatic rings. The molecule has 0 spiro atoms. The van der Waals surface area contributed by atoms with Crippen molar-refractivity contribution < 1.29 is 9.53 Å². The Morgan fingerprint density at radius 3 is 2.86 bits per heavy atom. The van der Waals surface area contributed by atoms with Gasteiger partial charge in [0.25, 0.3) is 0 Å². The highest BCUT2D eigenvalue weighted by Gasteiger charge is 2.41. The third-order valence-corrected chi connectivity index (χ3v) is 3.49. The highest BCUT2D eigenvalue weighted by atomic mass is 16.5. The van der Waals surface area contributed by atoms with Crippen LogP contribution in [0, 0.1) is 5.92 Å². The molecular weight excluding hydrogens is 178 g/mol. The predicted octanol–water partition coefficient (Wildman–Crippen LogP) is 1.72. The van der Waals surface area contributed by atoms with Crippen LogP contribution >= 0.6 is 0 Å². The summed E-state index contributed by atoms with van der Waals surface area (Å²) < 4.78 is 4.88. The van der Waals surface area contributed by atoms with Crippen LogP contribution in [0.15, 0.2) is 0 Å². The van der Waals surface area contributed by atoms with E-state index in [1.807, 2.05) is 7.05 Å². The molecule has 1 N–H and O–H groups in total. The molecule has 0 aromatic heterocycles. The molecule has 0 bridgehead atoms. The Morgan fingerprint density at radius 1 is 1.64 bits per heavy atom. The van der Waals surface area contributed by atoms with E-state index in [-0.39, 0.29) is 5.97 Å². The van der Waals surface area contributed by atoms with E-state index in [2.05, 4.69) is 12.2 Å². The van der Waals surface area contributed by atoms with E-state index in [4.69, 9.17) is 4.74 Å². The maximum atomic E-state index is 11.7. The van der Waals surface area contributed by atoms with Gasteiger partial charge in [0.15, 0.2) is 0 Å². The summed E-state index contributed by atoms with van der Waals surface area (Å²) in [5.41, 5.74) is -0.409. The van der Waals surface area contributed by atoms with Crippen LogP contribution in [0.1, 0.15) is 39.0 Å². The van der Waals surface area contributed by atoms with Gasteiger partial charge in [-0.2, -0.15) is 0 Å². The van der Waals surface area contributed by atoms with Crippen molar-refractivity contribution in [1.82, 2.24) is 5.32 Å². The summed E-state index contributed by atoms with van der Waals surface area (Å²) in [7, 11) is 3.33. The van der Waals surface area contributed by atoms with Gasteiger partial charge in [-0.1, -0.05) is 26.2 Å². The minimum atomic E-state index is -0.409. The van der Waals surface area contributed by atoms with Crippen LogP contribution in [0.4, 0.5) is 0 Å². The molecule has 1 fully saturated rings. The molecule has 1 rings (SSSR count). The Balaban J connectivity index is 2.72. The highest BCUT2D eigenvalue weighted by molar-refractivity contribution is 5.80. The zero-order valence-corrected chi connectivity index (χ0v) is 9.43. The lowest BCUT2D eigenvalue weighted by molar-refractivity contribution is -0.150. The fourth-order valence-electron chi connectivity index (χ4n) is 2.45. The van der Waals surface area contributed by atoms with Gasteiger partial charge in [-0.25, -0.2) is 0 Å². The van der Waals surface area contributed by atoms with E-state index >= 15 is 0 Å². The molecule has 0 amide bonds. The van der Waals surface area contributed by atoms with Crippen LogP contribution in [0.2, 0.25) is 0 Å². The quantitative estimate of drug-likeness (QED) is 0.703. The zero-order chi connectivity index (χ0) is 10.6. The van der Waals surface area contributed by atoms with Gasteiger partial charge in [0, 0.05) is 0 Å². The lowest BCUT2D eigenvalue weighted by Gasteiger charge is -2.38. The van der Waals surface area contributed by atoms with Crippen LogP contribution < -0.4 is 5.32 Å². The van der Waals surface area contributed by atoms with E-state index in [0.717, 1.165) is 25.7 Å². The lowest BCUT2D eigenvalue weighted by atomic mass is 9.75. The van der Waals surface area contributed by atoms with Crippen molar-refractivity contribution in [3.63, 3.8) is 0 Å². The van der Waals surface area contributed by atoms with Crippen molar-refractivity contribution >= 4 is 5.97 Å². The fraction of sp³-hybridized carbons (Fsp3) is 0.909.